The maximum Gasteiger partial charge on any atom is 0.0706 e. The number of aryl methyl sites for hydroxylation is 1. The number of aromatic nitrogens is 2. The van der Waals surface area contributed by atoms with Crippen molar-refractivity contribution in [3.63, 3.8) is 0 Å². The third-order valence-electron chi connectivity index (χ3n) is 3.77. The molecule has 2 atom stereocenters. The van der Waals surface area contributed by atoms with E-state index in [2.05, 4.69) is 29.4 Å². The molecule has 1 aliphatic rings. The monoisotopic (exact) mass is 215 g/mol. The van der Waals surface area contributed by atoms with Crippen LogP contribution in [0.4, 0.5) is 0 Å². The summed E-state index contributed by atoms with van der Waals surface area (Å²) in [6, 6.07) is 8.80. The largest absolute Gasteiger partial charge is 0.327 e. The van der Waals surface area contributed by atoms with E-state index >= 15 is 0 Å². The van der Waals surface area contributed by atoms with Gasteiger partial charge < -0.3 is 5.73 Å². The molecule has 1 heterocycles. The number of para-hydroxylation sites is 1. The van der Waals surface area contributed by atoms with Crippen LogP contribution in [0.15, 0.2) is 24.3 Å². The van der Waals surface area contributed by atoms with Crippen LogP contribution in [0.3, 0.4) is 0 Å². The number of nitrogens with zero attached hydrogens (tertiary/aromatic N) is 2. The van der Waals surface area contributed by atoms with Gasteiger partial charge in [0.05, 0.1) is 11.2 Å². The average Bonchev–Trinajstić information content (AvgIpc) is 2.62. The maximum atomic E-state index is 5.99. The Balaban J connectivity index is 1.97. The summed E-state index contributed by atoms with van der Waals surface area (Å²) < 4.78 is 1.97. The average molecular weight is 215 g/mol. The molecular formula is C13H17N3. The van der Waals surface area contributed by atoms with Gasteiger partial charge in [-0.3, -0.25) is 4.68 Å². The first-order valence-corrected chi connectivity index (χ1v) is 5.92. The topological polar surface area (TPSA) is 43.8 Å². The first-order valence-electron chi connectivity index (χ1n) is 5.92. The van der Waals surface area contributed by atoms with E-state index in [1.54, 1.807) is 0 Å². The number of benzene rings is 1. The standard InChI is InChI=1S/C13H17N3/c1-16-13-5-3-2-4-10(13)12(15-16)8-9-6-7-11(9)14/h2-5,9,11H,6-8,14H2,1H3. The Bertz CT molecular complexity index is 515. The van der Waals surface area contributed by atoms with Gasteiger partial charge in [-0.2, -0.15) is 5.10 Å². The van der Waals surface area contributed by atoms with Gasteiger partial charge in [0.15, 0.2) is 0 Å². The Morgan fingerprint density at radius 3 is 2.88 bits per heavy atom. The fraction of sp³-hybridized carbons (Fsp3) is 0.462. The second kappa shape index (κ2) is 3.59. The van der Waals surface area contributed by atoms with Crippen LogP contribution in [0.25, 0.3) is 10.9 Å². The van der Waals surface area contributed by atoms with E-state index in [4.69, 9.17) is 5.73 Å². The molecule has 84 valence electrons. The first-order chi connectivity index (χ1) is 7.75. The van der Waals surface area contributed by atoms with Crippen LogP contribution in [0, 0.1) is 5.92 Å². The molecule has 0 saturated heterocycles. The van der Waals surface area contributed by atoms with Gasteiger partial charge in [0.1, 0.15) is 0 Å². The first kappa shape index (κ1) is 9.85. The van der Waals surface area contributed by atoms with E-state index in [0.29, 0.717) is 12.0 Å². The van der Waals surface area contributed by atoms with Crippen molar-refractivity contribution in [1.82, 2.24) is 9.78 Å². The Hall–Kier alpha value is -1.35. The van der Waals surface area contributed by atoms with Gasteiger partial charge >= 0.3 is 0 Å². The van der Waals surface area contributed by atoms with Gasteiger partial charge in [0.2, 0.25) is 0 Å². The van der Waals surface area contributed by atoms with Crippen LogP contribution in [0.5, 0.6) is 0 Å². The molecule has 0 bridgehead atoms. The molecule has 2 aromatic rings. The molecule has 1 saturated carbocycles. The number of nitrogens with two attached hydrogens (primary N) is 1. The van der Waals surface area contributed by atoms with E-state index in [9.17, 15) is 0 Å². The minimum Gasteiger partial charge on any atom is -0.327 e. The lowest BCUT2D eigenvalue weighted by atomic mass is 9.77. The van der Waals surface area contributed by atoms with Crippen LogP contribution in [0.2, 0.25) is 0 Å². The lowest BCUT2D eigenvalue weighted by Gasteiger charge is -2.33. The van der Waals surface area contributed by atoms with E-state index in [1.807, 2.05) is 11.7 Å². The van der Waals surface area contributed by atoms with Crippen molar-refractivity contribution in [1.29, 1.82) is 0 Å². The van der Waals surface area contributed by atoms with E-state index in [0.717, 1.165) is 6.42 Å². The minimum absolute atomic E-state index is 0.390. The van der Waals surface area contributed by atoms with Crippen LogP contribution < -0.4 is 5.73 Å². The Morgan fingerprint density at radius 1 is 1.38 bits per heavy atom. The van der Waals surface area contributed by atoms with Crippen molar-refractivity contribution in [2.45, 2.75) is 25.3 Å². The lowest BCUT2D eigenvalue weighted by molar-refractivity contribution is 0.254. The molecular weight excluding hydrogens is 198 g/mol. The quantitative estimate of drug-likeness (QED) is 0.831. The summed E-state index contributed by atoms with van der Waals surface area (Å²) in [4.78, 5) is 0. The number of rotatable bonds is 2. The van der Waals surface area contributed by atoms with Crippen LogP contribution in [-0.4, -0.2) is 15.8 Å². The SMILES string of the molecule is Cn1nc(CC2CCC2N)c2ccccc21. The highest BCUT2D eigenvalue weighted by Crippen LogP contribution is 2.30. The second-order valence-electron chi connectivity index (χ2n) is 4.79. The van der Waals surface area contributed by atoms with E-state index < -0.39 is 0 Å². The summed E-state index contributed by atoms with van der Waals surface area (Å²) in [5.74, 6) is 0.637. The van der Waals surface area contributed by atoms with Crippen molar-refractivity contribution in [2.24, 2.45) is 18.7 Å². The molecule has 1 aliphatic carbocycles. The summed E-state index contributed by atoms with van der Waals surface area (Å²) in [6.45, 7) is 0. The molecule has 0 amide bonds. The summed E-state index contributed by atoms with van der Waals surface area (Å²) >= 11 is 0. The zero-order chi connectivity index (χ0) is 11.1. The van der Waals surface area contributed by atoms with Crippen molar-refractivity contribution >= 4 is 10.9 Å². The predicted octanol–water partition coefficient (Wildman–Crippen LogP) is 1.85. The highest BCUT2D eigenvalue weighted by Gasteiger charge is 2.28. The highest BCUT2D eigenvalue weighted by molar-refractivity contribution is 5.81. The Labute approximate surface area is 95.2 Å². The molecule has 3 heteroatoms. The zero-order valence-electron chi connectivity index (χ0n) is 9.56. The molecule has 0 spiro atoms. The highest BCUT2D eigenvalue weighted by atomic mass is 15.3. The zero-order valence-corrected chi connectivity index (χ0v) is 9.56. The van der Waals surface area contributed by atoms with Crippen LogP contribution >= 0.6 is 0 Å². The van der Waals surface area contributed by atoms with E-state index in [-0.39, 0.29) is 0 Å². The molecule has 0 radical (unpaired) electrons. The lowest BCUT2D eigenvalue weighted by Crippen LogP contribution is -2.40. The summed E-state index contributed by atoms with van der Waals surface area (Å²) in [5.41, 5.74) is 8.41. The maximum absolute atomic E-state index is 5.99. The second-order valence-corrected chi connectivity index (χ2v) is 4.79. The fourth-order valence-electron chi connectivity index (χ4n) is 2.54. The smallest absolute Gasteiger partial charge is 0.0706 e. The molecule has 1 fully saturated rings. The van der Waals surface area contributed by atoms with Gasteiger partial charge in [-0.1, -0.05) is 18.2 Å². The van der Waals surface area contributed by atoms with Crippen molar-refractivity contribution in [3.8, 4) is 0 Å². The molecule has 0 aliphatic heterocycles. The summed E-state index contributed by atoms with van der Waals surface area (Å²) in [7, 11) is 2.01. The molecule has 1 aromatic carbocycles. The van der Waals surface area contributed by atoms with Gasteiger partial charge in [0, 0.05) is 18.5 Å². The van der Waals surface area contributed by atoms with Gasteiger partial charge in [0.25, 0.3) is 0 Å². The number of hydrogen-bond acceptors (Lipinski definition) is 2. The number of fused-ring (bicyclic) bond motifs is 1. The Kier molecular flexibility index (Phi) is 2.21. The van der Waals surface area contributed by atoms with Crippen LogP contribution in [0.1, 0.15) is 18.5 Å². The van der Waals surface area contributed by atoms with Gasteiger partial charge in [-0.15, -0.1) is 0 Å². The normalized spacial score (nSPS) is 24.6. The van der Waals surface area contributed by atoms with Gasteiger partial charge in [-0.25, -0.2) is 0 Å². The van der Waals surface area contributed by atoms with Crippen LogP contribution in [-0.2, 0) is 13.5 Å². The third-order valence-corrected chi connectivity index (χ3v) is 3.77. The molecule has 1 aromatic heterocycles. The molecule has 3 rings (SSSR count). The Morgan fingerprint density at radius 2 is 2.19 bits per heavy atom. The van der Waals surface area contributed by atoms with Crippen molar-refractivity contribution in [2.75, 3.05) is 0 Å². The fourth-order valence-corrected chi connectivity index (χ4v) is 2.54. The third kappa shape index (κ3) is 1.43. The summed E-state index contributed by atoms with van der Waals surface area (Å²) in [6.07, 6.45) is 3.46. The van der Waals surface area contributed by atoms with Gasteiger partial charge in [-0.05, 0) is 31.2 Å². The molecule has 16 heavy (non-hydrogen) atoms. The molecule has 3 nitrogen and oxygen atoms in total. The molecule has 2 unspecified atom stereocenters. The van der Waals surface area contributed by atoms with Crippen molar-refractivity contribution in [3.05, 3.63) is 30.0 Å². The van der Waals surface area contributed by atoms with E-state index in [1.165, 1.54) is 29.4 Å². The number of hydrogen-bond donors (Lipinski definition) is 1. The minimum atomic E-state index is 0.390. The molecule has 2 N–H and O–H groups in total. The van der Waals surface area contributed by atoms with Crippen molar-refractivity contribution < 1.29 is 0 Å². The predicted molar refractivity (Wildman–Crippen MR) is 65.1 cm³/mol. The summed E-state index contributed by atoms with van der Waals surface area (Å²) in [5, 5.41) is 5.89.